The van der Waals surface area contributed by atoms with Crippen molar-refractivity contribution in [3.8, 4) is 11.5 Å². The second-order valence-corrected chi connectivity index (χ2v) is 4.44. The van der Waals surface area contributed by atoms with Crippen LogP contribution in [0.15, 0.2) is 12.3 Å². The van der Waals surface area contributed by atoms with Crippen LogP contribution in [-0.4, -0.2) is 31.3 Å². The van der Waals surface area contributed by atoms with Crippen LogP contribution in [0.3, 0.4) is 0 Å². The Balaban J connectivity index is 2.04. The minimum absolute atomic E-state index is 0.128. The number of nitrogens with two attached hydrogens (primary N) is 1. The van der Waals surface area contributed by atoms with Crippen molar-refractivity contribution >= 4 is 0 Å². The maximum absolute atomic E-state index is 5.97. The lowest BCUT2D eigenvalue weighted by Crippen LogP contribution is -2.31. The van der Waals surface area contributed by atoms with Crippen molar-refractivity contribution in [3.63, 3.8) is 0 Å². The monoisotopic (exact) mass is 252 g/mol. The molecule has 1 heterocycles. The first-order chi connectivity index (χ1) is 8.76. The molecular weight excluding hydrogens is 232 g/mol. The number of hydrogen-bond acceptors (Lipinski definition) is 5. The van der Waals surface area contributed by atoms with E-state index in [9.17, 15) is 0 Å². The average molecular weight is 252 g/mol. The van der Waals surface area contributed by atoms with Gasteiger partial charge in [-0.2, -0.15) is 0 Å². The quantitative estimate of drug-likeness (QED) is 0.860. The molecule has 0 amide bonds. The topological polar surface area (TPSA) is 66.6 Å². The Morgan fingerprint density at radius 3 is 2.78 bits per heavy atom. The van der Waals surface area contributed by atoms with Gasteiger partial charge >= 0.3 is 0 Å². The van der Waals surface area contributed by atoms with E-state index in [1.54, 1.807) is 26.5 Å². The average Bonchev–Trinajstić information content (AvgIpc) is 2.81. The van der Waals surface area contributed by atoms with Gasteiger partial charge in [-0.25, -0.2) is 0 Å². The minimum Gasteiger partial charge on any atom is -0.493 e. The van der Waals surface area contributed by atoms with Crippen molar-refractivity contribution in [1.82, 2.24) is 4.98 Å². The lowest BCUT2D eigenvalue weighted by atomic mass is 10.2. The van der Waals surface area contributed by atoms with Gasteiger partial charge in [-0.1, -0.05) is 0 Å². The molecule has 5 heteroatoms. The highest BCUT2D eigenvalue weighted by molar-refractivity contribution is 5.42. The minimum atomic E-state index is 0.128. The first-order valence-electron chi connectivity index (χ1n) is 6.19. The fourth-order valence-corrected chi connectivity index (χ4v) is 2.30. The third-order valence-corrected chi connectivity index (χ3v) is 3.30. The van der Waals surface area contributed by atoms with E-state index < -0.39 is 0 Å². The largest absolute Gasteiger partial charge is 0.493 e. The van der Waals surface area contributed by atoms with E-state index >= 15 is 0 Å². The number of pyridine rings is 1. The van der Waals surface area contributed by atoms with Gasteiger partial charge in [0.25, 0.3) is 0 Å². The van der Waals surface area contributed by atoms with Crippen molar-refractivity contribution in [2.45, 2.75) is 38.0 Å². The Bertz CT molecular complexity index is 398. The normalized spacial score (nSPS) is 23.1. The molecule has 1 aliphatic carbocycles. The van der Waals surface area contributed by atoms with Gasteiger partial charge in [0.2, 0.25) is 0 Å². The van der Waals surface area contributed by atoms with Crippen LogP contribution in [0.1, 0.15) is 25.0 Å². The van der Waals surface area contributed by atoms with Crippen LogP contribution >= 0.6 is 0 Å². The Labute approximate surface area is 107 Å². The summed E-state index contributed by atoms with van der Waals surface area (Å²) < 4.78 is 16.4. The highest BCUT2D eigenvalue weighted by Crippen LogP contribution is 2.30. The predicted octanol–water partition coefficient (Wildman–Crippen LogP) is 1.50. The van der Waals surface area contributed by atoms with Gasteiger partial charge in [0, 0.05) is 18.3 Å². The van der Waals surface area contributed by atoms with Crippen LogP contribution < -0.4 is 15.2 Å². The Morgan fingerprint density at radius 1 is 1.33 bits per heavy atom. The van der Waals surface area contributed by atoms with Crippen LogP contribution in [0.25, 0.3) is 0 Å². The molecule has 0 spiro atoms. The summed E-state index contributed by atoms with van der Waals surface area (Å²) in [6.45, 7) is 0.402. The standard InChI is InChI=1S/C13H20N2O3/c1-16-12-6-7-15-10(13(12)17-2)8-18-11-5-3-4-9(11)14/h6-7,9,11H,3-5,8,14H2,1-2H3. The summed E-state index contributed by atoms with van der Waals surface area (Å²) in [4.78, 5) is 4.27. The first kappa shape index (κ1) is 13.1. The van der Waals surface area contributed by atoms with E-state index in [4.69, 9.17) is 19.9 Å². The Hall–Kier alpha value is -1.33. The van der Waals surface area contributed by atoms with Gasteiger partial charge in [-0.15, -0.1) is 0 Å². The van der Waals surface area contributed by atoms with Crippen LogP contribution in [0.2, 0.25) is 0 Å². The molecule has 2 unspecified atom stereocenters. The second kappa shape index (κ2) is 6.02. The highest BCUT2D eigenvalue weighted by Gasteiger charge is 2.25. The predicted molar refractivity (Wildman–Crippen MR) is 67.7 cm³/mol. The van der Waals surface area contributed by atoms with Gasteiger partial charge in [0.05, 0.1) is 26.9 Å². The molecule has 0 bridgehead atoms. The number of nitrogens with zero attached hydrogens (tertiary/aromatic N) is 1. The van der Waals surface area contributed by atoms with Crippen LogP contribution in [-0.2, 0) is 11.3 Å². The number of methoxy groups -OCH3 is 2. The number of rotatable bonds is 5. The first-order valence-corrected chi connectivity index (χ1v) is 6.19. The van der Waals surface area contributed by atoms with E-state index in [0.29, 0.717) is 18.1 Å². The molecule has 1 fully saturated rings. The summed E-state index contributed by atoms with van der Waals surface area (Å²) >= 11 is 0. The maximum Gasteiger partial charge on any atom is 0.184 e. The van der Waals surface area contributed by atoms with E-state index in [-0.39, 0.29) is 12.1 Å². The van der Waals surface area contributed by atoms with Gasteiger partial charge in [-0.05, 0) is 19.3 Å². The maximum atomic E-state index is 5.97. The molecule has 2 N–H and O–H groups in total. The van der Waals surface area contributed by atoms with Gasteiger partial charge < -0.3 is 19.9 Å². The van der Waals surface area contributed by atoms with E-state index in [1.165, 1.54) is 0 Å². The van der Waals surface area contributed by atoms with Crippen molar-refractivity contribution in [1.29, 1.82) is 0 Å². The zero-order chi connectivity index (χ0) is 13.0. The molecule has 18 heavy (non-hydrogen) atoms. The third kappa shape index (κ3) is 2.73. The molecule has 0 radical (unpaired) electrons. The number of ether oxygens (including phenoxy) is 3. The molecule has 100 valence electrons. The molecule has 2 atom stereocenters. The van der Waals surface area contributed by atoms with Gasteiger partial charge in [0.1, 0.15) is 5.69 Å². The molecule has 1 aliphatic rings. The van der Waals surface area contributed by atoms with Crippen LogP contribution in [0, 0.1) is 0 Å². The molecular formula is C13H20N2O3. The highest BCUT2D eigenvalue weighted by atomic mass is 16.5. The zero-order valence-corrected chi connectivity index (χ0v) is 10.9. The lowest BCUT2D eigenvalue weighted by Gasteiger charge is -2.17. The van der Waals surface area contributed by atoms with Crippen molar-refractivity contribution < 1.29 is 14.2 Å². The fourth-order valence-electron chi connectivity index (χ4n) is 2.30. The van der Waals surface area contributed by atoms with Crippen LogP contribution in [0.5, 0.6) is 11.5 Å². The molecule has 1 aromatic heterocycles. The molecule has 5 nitrogen and oxygen atoms in total. The molecule has 1 aromatic rings. The number of hydrogen-bond donors (Lipinski definition) is 1. The van der Waals surface area contributed by atoms with Gasteiger partial charge in [-0.3, -0.25) is 4.98 Å². The van der Waals surface area contributed by atoms with Crippen molar-refractivity contribution in [2.75, 3.05) is 14.2 Å². The zero-order valence-electron chi connectivity index (χ0n) is 10.9. The van der Waals surface area contributed by atoms with E-state index in [0.717, 1.165) is 25.0 Å². The summed E-state index contributed by atoms with van der Waals surface area (Å²) in [5, 5.41) is 0. The van der Waals surface area contributed by atoms with E-state index in [2.05, 4.69) is 4.98 Å². The number of aromatic nitrogens is 1. The van der Waals surface area contributed by atoms with Crippen molar-refractivity contribution in [2.24, 2.45) is 5.73 Å². The summed E-state index contributed by atoms with van der Waals surface area (Å²) in [6, 6.07) is 1.91. The smallest absolute Gasteiger partial charge is 0.184 e. The summed E-state index contributed by atoms with van der Waals surface area (Å²) in [7, 11) is 3.21. The molecule has 0 aromatic carbocycles. The summed E-state index contributed by atoms with van der Waals surface area (Å²) in [6.07, 6.45) is 5.01. The Kier molecular flexibility index (Phi) is 4.38. The summed E-state index contributed by atoms with van der Waals surface area (Å²) in [5.74, 6) is 1.30. The van der Waals surface area contributed by atoms with Crippen LogP contribution in [0.4, 0.5) is 0 Å². The molecule has 0 aliphatic heterocycles. The molecule has 2 rings (SSSR count). The van der Waals surface area contributed by atoms with Crippen molar-refractivity contribution in [3.05, 3.63) is 18.0 Å². The molecule has 0 saturated heterocycles. The SMILES string of the molecule is COc1ccnc(COC2CCCC2N)c1OC. The fraction of sp³-hybridized carbons (Fsp3) is 0.615. The third-order valence-electron chi connectivity index (χ3n) is 3.30. The summed E-state index contributed by atoms with van der Waals surface area (Å²) in [5.41, 5.74) is 6.71. The molecule has 1 saturated carbocycles. The van der Waals surface area contributed by atoms with E-state index in [1.807, 2.05) is 0 Å². The second-order valence-electron chi connectivity index (χ2n) is 4.44. The Morgan fingerprint density at radius 2 is 2.17 bits per heavy atom. The van der Waals surface area contributed by atoms with Gasteiger partial charge in [0.15, 0.2) is 11.5 Å². The lowest BCUT2D eigenvalue weighted by molar-refractivity contribution is 0.0327.